The Labute approximate surface area is 146 Å². The van der Waals surface area contributed by atoms with Crippen molar-refractivity contribution in [3.05, 3.63) is 42.0 Å². The van der Waals surface area contributed by atoms with Crippen LogP contribution in [0.5, 0.6) is 11.5 Å². The lowest BCUT2D eigenvalue weighted by Crippen LogP contribution is -2.29. The van der Waals surface area contributed by atoms with Crippen LogP contribution in [0.1, 0.15) is 31.1 Å². The molecule has 7 nitrogen and oxygen atoms in total. The summed E-state index contributed by atoms with van der Waals surface area (Å²) in [7, 11) is 0. The highest BCUT2D eigenvalue weighted by Crippen LogP contribution is 2.31. The Bertz CT molecular complexity index is 742. The summed E-state index contributed by atoms with van der Waals surface area (Å²) in [5, 5.41) is 9.21. The van der Waals surface area contributed by atoms with Crippen LogP contribution in [0.4, 0.5) is 0 Å². The summed E-state index contributed by atoms with van der Waals surface area (Å²) in [4.78, 5) is 17.5. The van der Waals surface area contributed by atoms with Gasteiger partial charge in [0.25, 0.3) is 0 Å². The standard InChI is InChI=1S/C18H23N3O4/c1-13(2)21-10-15(19-12-21)9-20(11-18(22)23)8-14-3-4-16-17(7-14)25-6-5-24-16/h3-4,7,10,12-13H,5-6,8-9,11H2,1-2H3,(H,22,23). The van der Waals surface area contributed by atoms with Gasteiger partial charge in [0, 0.05) is 25.3 Å². The summed E-state index contributed by atoms with van der Waals surface area (Å²) >= 11 is 0. The molecule has 3 rings (SSSR count). The first-order chi connectivity index (χ1) is 12.0. The van der Waals surface area contributed by atoms with Gasteiger partial charge in [-0.15, -0.1) is 0 Å². The molecular weight excluding hydrogens is 322 g/mol. The minimum absolute atomic E-state index is 0.0526. The first kappa shape index (κ1) is 17.3. The van der Waals surface area contributed by atoms with Gasteiger partial charge in [-0.2, -0.15) is 0 Å². The Hall–Kier alpha value is -2.54. The molecule has 0 unspecified atom stereocenters. The van der Waals surface area contributed by atoms with E-state index in [0.717, 1.165) is 17.0 Å². The van der Waals surface area contributed by atoms with Crippen LogP contribution in [0.3, 0.4) is 0 Å². The average Bonchev–Trinajstić information content (AvgIpc) is 3.03. The minimum Gasteiger partial charge on any atom is -0.486 e. The van der Waals surface area contributed by atoms with Crippen LogP contribution in [-0.2, 0) is 17.9 Å². The zero-order valence-electron chi connectivity index (χ0n) is 14.5. The second-order valence-electron chi connectivity index (χ2n) is 6.42. The number of carboxylic acid groups (broad SMARTS) is 1. The van der Waals surface area contributed by atoms with Crippen LogP contribution in [0.25, 0.3) is 0 Å². The van der Waals surface area contributed by atoms with Gasteiger partial charge >= 0.3 is 5.97 Å². The molecule has 1 aliphatic heterocycles. The van der Waals surface area contributed by atoms with Gasteiger partial charge < -0.3 is 19.1 Å². The van der Waals surface area contributed by atoms with Gasteiger partial charge in [0.05, 0.1) is 18.6 Å². The number of carbonyl (C=O) groups is 1. The van der Waals surface area contributed by atoms with E-state index in [0.29, 0.717) is 38.1 Å². The van der Waals surface area contributed by atoms with Crippen molar-refractivity contribution in [1.82, 2.24) is 14.5 Å². The number of rotatable bonds is 7. The number of imidazole rings is 1. The van der Waals surface area contributed by atoms with E-state index in [2.05, 4.69) is 18.8 Å². The van der Waals surface area contributed by atoms with E-state index in [4.69, 9.17) is 9.47 Å². The molecule has 1 aliphatic rings. The summed E-state index contributed by atoms with van der Waals surface area (Å²) in [6.07, 6.45) is 3.74. The molecule has 1 aromatic heterocycles. The van der Waals surface area contributed by atoms with Gasteiger partial charge in [0.2, 0.25) is 0 Å². The lowest BCUT2D eigenvalue weighted by atomic mass is 10.1. The van der Waals surface area contributed by atoms with E-state index in [1.807, 2.05) is 33.9 Å². The molecule has 2 heterocycles. The van der Waals surface area contributed by atoms with E-state index in [9.17, 15) is 9.90 Å². The van der Waals surface area contributed by atoms with Crippen molar-refractivity contribution in [1.29, 1.82) is 0 Å². The third-order valence-electron chi connectivity index (χ3n) is 4.01. The van der Waals surface area contributed by atoms with Crippen LogP contribution >= 0.6 is 0 Å². The third-order valence-corrected chi connectivity index (χ3v) is 4.01. The first-order valence-corrected chi connectivity index (χ1v) is 8.36. The second kappa shape index (κ2) is 7.57. The Kier molecular flexibility index (Phi) is 5.23. The summed E-state index contributed by atoms with van der Waals surface area (Å²) in [5.41, 5.74) is 1.83. The van der Waals surface area contributed by atoms with Gasteiger partial charge in [0.15, 0.2) is 11.5 Å². The van der Waals surface area contributed by atoms with Gasteiger partial charge in [-0.25, -0.2) is 4.98 Å². The molecule has 0 saturated heterocycles. The van der Waals surface area contributed by atoms with Crippen molar-refractivity contribution in [3.63, 3.8) is 0 Å². The van der Waals surface area contributed by atoms with Crippen molar-refractivity contribution < 1.29 is 19.4 Å². The second-order valence-corrected chi connectivity index (χ2v) is 6.42. The number of carboxylic acids is 1. The van der Waals surface area contributed by atoms with Crippen molar-refractivity contribution in [2.24, 2.45) is 0 Å². The Balaban J connectivity index is 1.72. The fourth-order valence-corrected chi connectivity index (χ4v) is 2.78. The predicted octanol–water partition coefficient (Wildman–Crippen LogP) is 2.32. The lowest BCUT2D eigenvalue weighted by Gasteiger charge is -2.22. The van der Waals surface area contributed by atoms with Crippen LogP contribution in [0.15, 0.2) is 30.7 Å². The van der Waals surface area contributed by atoms with E-state index < -0.39 is 5.97 Å². The maximum absolute atomic E-state index is 11.2. The average molecular weight is 345 g/mol. The molecule has 0 radical (unpaired) electrons. The Morgan fingerprint density at radius 3 is 2.72 bits per heavy atom. The van der Waals surface area contributed by atoms with Crippen LogP contribution < -0.4 is 9.47 Å². The molecule has 0 aliphatic carbocycles. The first-order valence-electron chi connectivity index (χ1n) is 8.36. The maximum atomic E-state index is 11.2. The number of hydrogen-bond donors (Lipinski definition) is 1. The number of aliphatic carboxylic acids is 1. The number of benzene rings is 1. The Morgan fingerprint density at radius 2 is 2.04 bits per heavy atom. The summed E-state index contributed by atoms with van der Waals surface area (Å²) < 4.78 is 13.1. The molecule has 0 spiro atoms. The highest BCUT2D eigenvalue weighted by molar-refractivity contribution is 5.69. The summed E-state index contributed by atoms with van der Waals surface area (Å²) in [6.45, 7) is 6.16. The van der Waals surface area contributed by atoms with Crippen LogP contribution in [-0.4, -0.2) is 45.3 Å². The predicted molar refractivity (Wildman–Crippen MR) is 91.8 cm³/mol. The monoisotopic (exact) mass is 345 g/mol. The van der Waals surface area contributed by atoms with Gasteiger partial charge in [-0.1, -0.05) is 6.07 Å². The highest BCUT2D eigenvalue weighted by Gasteiger charge is 2.16. The Morgan fingerprint density at radius 1 is 1.28 bits per heavy atom. The van der Waals surface area contributed by atoms with E-state index >= 15 is 0 Å². The summed E-state index contributed by atoms with van der Waals surface area (Å²) in [6, 6.07) is 6.05. The maximum Gasteiger partial charge on any atom is 0.317 e. The van der Waals surface area contributed by atoms with Crippen molar-refractivity contribution in [2.45, 2.75) is 33.0 Å². The van der Waals surface area contributed by atoms with Crippen LogP contribution in [0.2, 0.25) is 0 Å². The van der Waals surface area contributed by atoms with E-state index in [1.54, 1.807) is 6.33 Å². The smallest absolute Gasteiger partial charge is 0.317 e. The number of nitrogens with zero attached hydrogens (tertiary/aromatic N) is 3. The lowest BCUT2D eigenvalue weighted by molar-refractivity contribution is -0.138. The van der Waals surface area contributed by atoms with Gasteiger partial charge in [-0.3, -0.25) is 9.69 Å². The molecule has 25 heavy (non-hydrogen) atoms. The quantitative estimate of drug-likeness (QED) is 0.830. The van der Waals surface area contributed by atoms with Crippen molar-refractivity contribution >= 4 is 5.97 Å². The number of aromatic nitrogens is 2. The van der Waals surface area contributed by atoms with Crippen molar-refractivity contribution in [3.8, 4) is 11.5 Å². The highest BCUT2D eigenvalue weighted by atomic mass is 16.6. The largest absolute Gasteiger partial charge is 0.486 e. The number of hydrogen-bond acceptors (Lipinski definition) is 5. The number of fused-ring (bicyclic) bond motifs is 1. The topological polar surface area (TPSA) is 76.8 Å². The fourth-order valence-electron chi connectivity index (χ4n) is 2.78. The normalized spacial score (nSPS) is 13.4. The zero-order valence-corrected chi connectivity index (χ0v) is 14.5. The van der Waals surface area contributed by atoms with Crippen LogP contribution in [0, 0.1) is 0 Å². The molecule has 1 aromatic carbocycles. The van der Waals surface area contributed by atoms with E-state index in [-0.39, 0.29) is 6.54 Å². The molecule has 2 aromatic rings. The zero-order chi connectivity index (χ0) is 17.8. The molecule has 1 N–H and O–H groups in total. The third kappa shape index (κ3) is 4.51. The van der Waals surface area contributed by atoms with Gasteiger partial charge in [0.1, 0.15) is 13.2 Å². The fraction of sp³-hybridized carbons (Fsp3) is 0.444. The molecule has 0 fully saturated rings. The molecule has 0 amide bonds. The minimum atomic E-state index is -0.860. The van der Waals surface area contributed by atoms with Crippen molar-refractivity contribution in [2.75, 3.05) is 19.8 Å². The SMILES string of the molecule is CC(C)n1cnc(CN(CC(=O)O)Cc2ccc3c(c2)OCCO3)c1. The van der Waals surface area contributed by atoms with Gasteiger partial charge in [-0.05, 0) is 31.5 Å². The summed E-state index contributed by atoms with van der Waals surface area (Å²) in [5.74, 6) is 0.583. The number of ether oxygens (including phenoxy) is 2. The molecule has 0 bridgehead atoms. The molecule has 134 valence electrons. The molecule has 0 saturated carbocycles. The molecular formula is C18H23N3O4. The molecule has 7 heteroatoms. The molecule has 0 atom stereocenters. The van der Waals surface area contributed by atoms with E-state index in [1.165, 1.54) is 0 Å².